The number of aromatic hydroxyl groups is 1. The standard InChI is InChI=1S/C25H24N4O2/c1-16-6-8-20(30)14-24(16)29-23-10-11-26-22-9-7-18(12-21(22)23)13-25(31)27-15-19-5-3-4-17(2)28-19/h3-12,14,30H,13,15H2,1-2H3,(H,26,29)(H,27,31). The molecule has 6 nitrogen and oxygen atoms in total. The molecule has 0 saturated heterocycles. The maximum Gasteiger partial charge on any atom is 0.224 e. The number of carbonyl (C=O) groups is 1. The largest absolute Gasteiger partial charge is 0.508 e. The SMILES string of the molecule is Cc1cccc(CNC(=O)Cc2ccc3nccc(Nc4cc(O)ccc4C)c3c2)n1. The zero-order valence-corrected chi connectivity index (χ0v) is 17.5. The number of benzene rings is 2. The van der Waals surface area contributed by atoms with Crippen molar-refractivity contribution in [2.45, 2.75) is 26.8 Å². The first-order valence-corrected chi connectivity index (χ1v) is 10.1. The summed E-state index contributed by atoms with van der Waals surface area (Å²) in [6, 6.07) is 18.7. The monoisotopic (exact) mass is 412 g/mol. The molecule has 0 fully saturated rings. The minimum atomic E-state index is -0.0649. The lowest BCUT2D eigenvalue weighted by Crippen LogP contribution is -2.25. The molecular weight excluding hydrogens is 388 g/mol. The molecule has 4 rings (SSSR count). The van der Waals surface area contributed by atoms with Gasteiger partial charge in [0.15, 0.2) is 0 Å². The van der Waals surface area contributed by atoms with Crippen LogP contribution in [0.15, 0.2) is 66.9 Å². The van der Waals surface area contributed by atoms with E-state index in [0.29, 0.717) is 6.54 Å². The Kier molecular flexibility index (Phi) is 5.80. The van der Waals surface area contributed by atoms with Crippen molar-refractivity contribution in [3.05, 3.63) is 89.4 Å². The first-order chi connectivity index (χ1) is 15.0. The molecule has 0 aliphatic rings. The minimum Gasteiger partial charge on any atom is -0.508 e. The van der Waals surface area contributed by atoms with E-state index in [4.69, 9.17) is 0 Å². The van der Waals surface area contributed by atoms with Gasteiger partial charge in [0.05, 0.1) is 24.2 Å². The smallest absolute Gasteiger partial charge is 0.224 e. The van der Waals surface area contributed by atoms with Gasteiger partial charge in [0.2, 0.25) is 5.91 Å². The Hall–Kier alpha value is -3.93. The number of pyridine rings is 2. The highest BCUT2D eigenvalue weighted by Gasteiger charge is 2.09. The number of rotatable bonds is 6. The van der Waals surface area contributed by atoms with Gasteiger partial charge in [-0.05, 0) is 61.4 Å². The molecule has 0 atom stereocenters. The number of nitrogens with one attached hydrogen (secondary N) is 2. The molecule has 0 aliphatic carbocycles. The molecule has 0 aliphatic heterocycles. The molecule has 2 aromatic heterocycles. The van der Waals surface area contributed by atoms with E-state index in [1.165, 1.54) is 0 Å². The molecule has 31 heavy (non-hydrogen) atoms. The van der Waals surface area contributed by atoms with Gasteiger partial charge in [-0.15, -0.1) is 0 Å². The van der Waals surface area contributed by atoms with Crippen molar-refractivity contribution < 1.29 is 9.90 Å². The normalized spacial score (nSPS) is 10.8. The fourth-order valence-corrected chi connectivity index (χ4v) is 3.44. The second kappa shape index (κ2) is 8.83. The van der Waals surface area contributed by atoms with E-state index in [1.54, 1.807) is 18.3 Å². The Morgan fingerprint density at radius 3 is 2.71 bits per heavy atom. The molecule has 0 spiro atoms. The number of hydrogen-bond donors (Lipinski definition) is 3. The number of aromatic nitrogens is 2. The van der Waals surface area contributed by atoms with Gasteiger partial charge in [-0.2, -0.15) is 0 Å². The molecule has 4 aromatic rings. The Bertz CT molecular complexity index is 1250. The highest BCUT2D eigenvalue weighted by Crippen LogP contribution is 2.29. The van der Waals surface area contributed by atoms with E-state index in [1.807, 2.05) is 62.4 Å². The predicted octanol–water partition coefficient (Wildman–Crippen LogP) is 4.55. The summed E-state index contributed by atoms with van der Waals surface area (Å²) in [5, 5.41) is 17.0. The van der Waals surface area contributed by atoms with Crippen molar-refractivity contribution in [1.29, 1.82) is 0 Å². The van der Waals surface area contributed by atoms with Crippen LogP contribution < -0.4 is 10.6 Å². The first kappa shape index (κ1) is 20.3. The van der Waals surface area contributed by atoms with Crippen molar-refractivity contribution >= 4 is 28.2 Å². The minimum absolute atomic E-state index is 0.0649. The van der Waals surface area contributed by atoms with E-state index >= 15 is 0 Å². The number of hydrogen-bond acceptors (Lipinski definition) is 5. The fourth-order valence-electron chi connectivity index (χ4n) is 3.44. The third-order valence-electron chi connectivity index (χ3n) is 5.07. The average molecular weight is 412 g/mol. The lowest BCUT2D eigenvalue weighted by atomic mass is 10.1. The molecule has 0 saturated carbocycles. The van der Waals surface area contributed by atoms with Gasteiger partial charge >= 0.3 is 0 Å². The Morgan fingerprint density at radius 1 is 1.00 bits per heavy atom. The van der Waals surface area contributed by atoms with Crippen LogP contribution in [0.4, 0.5) is 11.4 Å². The predicted molar refractivity (Wildman–Crippen MR) is 122 cm³/mol. The molecule has 0 unspecified atom stereocenters. The third-order valence-corrected chi connectivity index (χ3v) is 5.07. The number of aryl methyl sites for hydroxylation is 2. The summed E-state index contributed by atoms with van der Waals surface area (Å²) < 4.78 is 0. The molecular formula is C25H24N4O2. The van der Waals surface area contributed by atoms with Gasteiger partial charge in [0, 0.05) is 34.7 Å². The maximum atomic E-state index is 12.5. The van der Waals surface area contributed by atoms with Crippen LogP contribution in [0.25, 0.3) is 10.9 Å². The van der Waals surface area contributed by atoms with Crippen molar-refractivity contribution in [3.63, 3.8) is 0 Å². The van der Waals surface area contributed by atoms with Gasteiger partial charge in [-0.1, -0.05) is 18.2 Å². The number of anilines is 2. The zero-order valence-electron chi connectivity index (χ0n) is 17.5. The molecule has 0 radical (unpaired) electrons. The topological polar surface area (TPSA) is 87.1 Å². The number of phenolic OH excluding ortho intramolecular Hbond substituents is 1. The van der Waals surface area contributed by atoms with E-state index in [-0.39, 0.29) is 18.1 Å². The van der Waals surface area contributed by atoms with Crippen LogP contribution in [0.5, 0.6) is 5.75 Å². The highest BCUT2D eigenvalue weighted by molar-refractivity contribution is 5.94. The maximum absolute atomic E-state index is 12.5. The number of phenols is 1. The highest BCUT2D eigenvalue weighted by atomic mass is 16.3. The summed E-state index contributed by atoms with van der Waals surface area (Å²) in [6.07, 6.45) is 2.01. The molecule has 3 N–H and O–H groups in total. The van der Waals surface area contributed by atoms with Crippen LogP contribution in [0.1, 0.15) is 22.5 Å². The van der Waals surface area contributed by atoms with Gasteiger partial charge in [0.1, 0.15) is 5.75 Å². The van der Waals surface area contributed by atoms with Gasteiger partial charge in [0.25, 0.3) is 0 Å². The van der Waals surface area contributed by atoms with Crippen molar-refractivity contribution in [1.82, 2.24) is 15.3 Å². The average Bonchev–Trinajstić information content (AvgIpc) is 2.75. The molecule has 156 valence electrons. The van der Waals surface area contributed by atoms with E-state index in [0.717, 1.165) is 44.8 Å². The van der Waals surface area contributed by atoms with Crippen molar-refractivity contribution in [3.8, 4) is 5.75 Å². The Labute approximate surface area is 181 Å². The summed E-state index contributed by atoms with van der Waals surface area (Å²) in [7, 11) is 0. The van der Waals surface area contributed by atoms with E-state index < -0.39 is 0 Å². The number of amides is 1. The van der Waals surface area contributed by atoms with E-state index in [9.17, 15) is 9.90 Å². The fraction of sp³-hybridized carbons (Fsp3) is 0.160. The summed E-state index contributed by atoms with van der Waals surface area (Å²) >= 11 is 0. The lowest BCUT2D eigenvalue weighted by Gasteiger charge is -2.13. The second-order valence-corrected chi connectivity index (χ2v) is 7.56. The van der Waals surface area contributed by atoms with Crippen LogP contribution in [-0.4, -0.2) is 21.0 Å². The molecule has 6 heteroatoms. The van der Waals surface area contributed by atoms with Gasteiger partial charge in [-0.3, -0.25) is 14.8 Å². The lowest BCUT2D eigenvalue weighted by molar-refractivity contribution is -0.120. The number of fused-ring (bicyclic) bond motifs is 1. The zero-order chi connectivity index (χ0) is 21.8. The summed E-state index contributed by atoms with van der Waals surface area (Å²) in [5.41, 5.74) is 6.19. The Morgan fingerprint density at radius 2 is 1.87 bits per heavy atom. The summed E-state index contributed by atoms with van der Waals surface area (Å²) in [4.78, 5) is 21.3. The quantitative estimate of drug-likeness (QED) is 0.432. The molecule has 2 heterocycles. The number of carbonyl (C=O) groups excluding carboxylic acids is 1. The Balaban J connectivity index is 1.52. The van der Waals surface area contributed by atoms with Gasteiger partial charge in [-0.25, -0.2) is 0 Å². The second-order valence-electron chi connectivity index (χ2n) is 7.56. The van der Waals surface area contributed by atoms with Crippen LogP contribution in [0.2, 0.25) is 0 Å². The molecule has 0 bridgehead atoms. The van der Waals surface area contributed by atoms with Crippen LogP contribution in [0, 0.1) is 13.8 Å². The first-order valence-electron chi connectivity index (χ1n) is 10.1. The summed E-state index contributed by atoms with van der Waals surface area (Å²) in [6.45, 7) is 4.31. The van der Waals surface area contributed by atoms with Crippen LogP contribution >= 0.6 is 0 Å². The van der Waals surface area contributed by atoms with Crippen molar-refractivity contribution in [2.24, 2.45) is 0 Å². The van der Waals surface area contributed by atoms with Crippen molar-refractivity contribution in [2.75, 3.05) is 5.32 Å². The summed E-state index contributed by atoms with van der Waals surface area (Å²) in [5.74, 6) is 0.136. The molecule has 2 aromatic carbocycles. The number of nitrogens with zero attached hydrogens (tertiary/aromatic N) is 2. The third kappa shape index (κ3) is 4.98. The molecule has 1 amide bonds. The van der Waals surface area contributed by atoms with Crippen LogP contribution in [0.3, 0.4) is 0 Å². The van der Waals surface area contributed by atoms with Gasteiger partial charge < -0.3 is 15.7 Å². The van der Waals surface area contributed by atoms with E-state index in [2.05, 4.69) is 20.6 Å². The van der Waals surface area contributed by atoms with Crippen LogP contribution in [-0.2, 0) is 17.8 Å².